The van der Waals surface area contributed by atoms with E-state index in [1.165, 1.54) is 11.1 Å². The minimum Gasteiger partial charge on any atom is -0.508 e. The molecule has 1 atom stereocenters. The highest BCUT2D eigenvalue weighted by molar-refractivity contribution is 5.40. The van der Waals surface area contributed by atoms with Gasteiger partial charge in [0.1, 0.15) is 5.75 Å². The normalized spacial score (nSPS) is 17.9. The Kier molecular flexibility index (Phi) is 2.76. The summed E-state index contributed by atoms with van der Waals surface area (Å²) in [5, 5.41) is 16.7. The molecule has 1 aromatic heterocycles. The standard InChI is InChI=1S/C13H15N3O2/c1-8-15-13(16-18-8)7-14-12-5-2-9-6-10(17)3-4-11(9)12/h3-4,6,12,14,17H,2,5,7H2,1H3. The third kappa shape index (κ3) is 2.09. The number of rotatable bonds is 3. The first-order valence-electron chi connectivity index (χ1n) is 6.07. The van der Waals surface area contributed by atoms with E-state index < -0.39 is 0 Å². The summed E-state index contributed by atoms with van der Waals surface area (Å²) in [4.78, 5) is 4.16. The monoisotopic (exact) mass is 245 g/mol. The van der Waals surface area contributed by atoms with Gasteiger partial charge < -0.3 is 14.9 Å². The van der Waals surface area contributed by atoms with Crippen LogP contribution in [-0.4, -0.2) is 15.2 Å². The van der Waals surface area contributed by atoms with Gasteiger partial charge >= 0.3 is 0 Å². The van der Waals surface area contributed by atoms with E-state index in [1.807, 2.05) is 12.1 Å². The molecule has 0 amide bonds. The Labute approximate surface area is 105 Å². The van der Waals surface area contributed by atoms with Gasteiger partial charge in [-0.2, -0.15) is 4.98 Å². The van der Waals surface area contributed by atoms with Crippen LogP contribution in [0.5, 0.6) is 5.75 Å². The van der Waals surface area contributed by atoms with Crippen molar-refractivity contribution in [1.82, 2.24) is 15.5 Å². The molecule has 1 aliphatic carbocycles. The minimum atomic E-state index is 0.305. The summed E-state index contributed by atoms with van der Waals surface area (Å²) < 4.78 is 4.93. The summed E-state index contributed by atoms with van der Waals surface area (Å²) in [6, 6.07) is 5.86. The summed E-state index contributed by atoms with van der Waals surface area (Å²) in [5.41, 5.74) is 2.48. The average Bonchev–Trinajstić information content (AvgIpc) is 2.92. The molecule has 2 aromatic rings. The predicted molar refractivity (Wildman–Crippen MR) is 65.0 cm³/mol. The minimum absolute atomic E-state index is 0.305. The zero-order chi connectivity index (χ0) is 12.5. The lowest BCUT2D eigenvalue weighted by molar-refractivity contribution is 0.383. The summed E-state index contributed by atoms with van der Waals surface area (Å²) >= 11 is 0. The van der Waals surface area contributed by atoms with E-state index in [9.17, 15) is 5.11 Å². The molecule has 0 radical (unpaired) electrons. The van der Waals surface area contributed by atoms with Crippen LogP contribution in [-0.2, 0) is 13.0 Å². The van der Waals surface area contributed by atoms with E-state index >= 15 is 0 Å². The lowest BCUT2D eigenvalue weighted by Gasteiger charge is -2.12. The van der Waals surface area contributed by atoms with Gasteiger partial charge in [0, 0.05) is 13.0 Å². The molecule has 0 saturated heterocycles. The van der Waals surface area contributed by atoms with Gasteiger partial charge in [-0.1, -0.05) is 11.2 Å². The fraction of sp³-hybridized carbons (Fsp3) is 0.385. The molecule has 2 N–H and O–H groups in total. The molecule has 0 aliphatic heterocycles. The fourth-order valence-electron chi connectivity index (χ4n) is 2.44. The second-order valence-electron chi connectivity index (χ2n) is 4.58. The molecule has 3 rings (SSSR count). The Morgan fingerprint density at radius 3 is 3.17 bits per heavy atom. The summed E-state index contributed by atoms with van der Waals surface area (Å²) in [6.45, 7) is 2.38. The van der Waals surface area contributed by atoms with Crippen molar-refractivity contribution in [1.29, 1.82) is 0 Å². The molecule has 18 heavy (non-hydrogen) atoms. The highest BCUT2D eigenvalue weighted by atomic mass is 16.5. The van der Waals surface area contributed by atoms with Crippen LogP contribution < -0.4 is 5.32 Å². The van der Waals surface area contributed by atoms with Crippen LogP contribution >= 0.6 is 0 Å². The number of phenolic OH excluding ortho intramolecular Hbond substituents is 1. The number of fused-ring (bicyclic) bond motifs is 1. The van der Waals surface area contributed by atoms with Crippen LogP contribution in [0, 0.1) is 6.92 Å². The molecule has 1 aromatic carbocycles. The van der Waals surface area contributed by atoms with Crippen LogP contribution in [0.3, 0.4) is 0 Å². The molecule has 94 valence electrons. The van der Waals surface area contributed by atoms with Crippen LogP contribution in [0.4, 0.5) is 0 Å². The molecule has 5 heteroatoms. The Bertz CT molecular complexity index is 565. The van der Waals surface area contributed by atoms with Crippen LogP contribution in [0.25, 0.3) is 0 Å². The highest BCUT2D eigenvalue weighted by Gasteiger charge is 2.22. The Morgan fingerprint density at radius 2 is 2.39 bits per heavy atom. The van der Waals surface area contributed by atoms with E-state index in [1.54, 1.807) is 13.0 Å². The predicted octanol–water partition coefficient (Wildman–Crippen LogP) is 1.86. The average molecular weight is 245 g/mol. The molecule has 1 unspecified atom stereocenters. The lowest BCUT2D eigenvalue weighted by Crippen LogP contribution is -2.19. The third-order valence-corrected chi connectivity index (χ3v) is 3.28. The zero-order valence-electron chi connectivity index (χ0n) is 10.2. The van der Waals surface area contributed by atoms with E-state index in [2.05, 4.69) is 15.5 Å². The Balaban J connectivity index is 1.69. The second kappa shape index (κ2) is 4.42. The van der Waals surface area contributed by atoms with E-state index in [0.717, 1.165) is 12.8 Å². The molecule has 1 heterocycles. The number of aromatic hydroxyl groups is 1. The smallest absolute Gasteiger partial charge is 0.223 e. The maximum absolute atomic E-state index is 9.44. The SMILES string of the molecule is Cc1nc(CNC2CCc3cc(O)ccc32)no1. The first kappa shape index (κ1) is 11.2. The van der Waals surface area contributed by atoms with E-state index in [4.69, 9.17) is 4.52 Å². The zero-order valence-corrected chi connectivity index (χ0v) is 10.2. The maximum Gasteiger partial charge on any atom is 0.223 e. The summed E-state index contributed by atoms with van der Waals surface area (Å²) in [6.07, 6.45) is 2.03. The third-order valence-electron chi connectivity index (χ3n) is 3.28. The van der Waals surface area contributed by atoms with Crippen molar-refractivity contribution in [2.45, 2.75) is 32.4 Å². The van der Waals surface area contributed by atoms with Crippen LogP contribution in [0.15, 0.2) is 22.7 Å². The number of hydrogen-bond acceptors (Lipinski definition) is 5. The lowest BCUT2D eigenvalue weighted by atomic mass is 10.1. The van der Waals surface area contributed by atoms with E-state index in [0.29, 0.717) is 30.1 Å². The molecule has 0 bridgehead atoms. The van der Waals surface area contributed by atoms with Crippen molar-refractivity contribution in [3.63, 3.8) is 0 Å². The van der Waals surface area contributed by atoms with Crippen molar-refractivity contribution in [3.05, 3.63) is 41.0 Å². The van der Waals surface area contributed by atoms with Gasteiger partial charge in [-0.05, 0) is 36.1 Å². The summed E-state index contributed by atoms with van der Waals surface area (Å²) in [7, 11) is 0. The molecule has 1 aliphatic rings. The van der Waals surface area contributed by atoms with Gasteiger partial charge in [-0.25, -0.2) is 0 Å². The Morgan fingerprint density at radius 1 is 1.50 bits per heavy atom. The summed E-state index contributed by atoms with van der Waals surface area (Å²) in [5.74, 6) is 1.60. The quantitative estimate of drug-likeness (QED) is 0.863. The molecule has 5 nitrogen and oxygen atoms in total. The fourth-order valence-corrected chi connectivity index (χ4v) is 2.44. The van der Waals surface area contributed by atoms with Crippen molar-refractivity contribution in [2.24, 2.45) is 0 Å². The topological polar surface area (TPSA) is 71.2 Å². The first-order chi connectivity index (χ1) is 8.72. The number of aryl methyl sites for hydroxylation is 2. The first-order valence-corrected chi connectivity index (χ1v) is 6.07. The molecule has 0 saturated carbocycles. The van der Waals surface area contributed by atoms with Gasteiger partial charge in [0.2, 0.25) is 5.89 Å². The van der Waals surface area contributed by atoms with Crippen molar-refractivity contribution >= 4 is 0 Å². The van der Waals surface area contributed by atoms with Crippen molar-refractivity contribution in [3.8, 4) is 5.75 Å². The number of phenols is 1. The highest BCUT2D eigenvalue weighted by Crippen LogP contribution is 2.33. The maximum atomic E-state index is 9.44. The van der Waals surface area contributed by atoms with Gasteiger partial charge in [-0.3, -0.25) is 0 Å². The van der Waals surface area contributed by atoms with E-state index in [-0.39, 0.29) is 0 Å². The number of nitrogens with zero attached hydrogens (tertiary/aromatic N) is 2. The largest absolute Gasteiger partial charge is 0.508 e. The molecule has 0 fully saturated rings. The van der Waals surface area contributed by atoms with Crippen molar-refractivity contribution in [2.75, 3.05) is 0 Å². The van der Waals surface area contributed by atoms with Gasteiger partial charge in [0.25, 0.3) is 0 Å². The molecule has 0 spiro atoms. The van der Waals surface area contributed by atoms with Gasteiger partial charge in [0.05, 0.1) is 6.54 Å². The van der Waals surface area contributed by atoms with Crippen molar-refractivity contribution < 1.29 is 9.63 Å². The van der Waals surface area contributed by atoms with Gasteiger partial charge in [-0.15, -0.1) is 0 Å². The Hall–Kier alpha value is -1.88. The van der Waals surface area contributed by atoms with Crippen LogP contribution in [0.1, 0.15) is 35.3 Å². The number of nitrogens with one attached hydrogen (secondary N) is 1. The molecular formula is C13H15N3O2. The second-order valence-corrected chi connectivity index (χ2v) is 4.58. The number of aromatic nitrogens is 2. The van der Waals surface area contributed by atoms with Gasteiger partial charge in [0.15, 0.2) is 5.82 Å². The molecular weight excluding hydrogens is 230 g/mol. The van der Waals surface area contributed by atoms with Crippen LogP contribution in [0.2, 0.25) is 0 Å². The number of hydrogen-bond donors (Lipinski definition) is 2. The number of benzene rings is 1.